The third-order valence-electron chi connectivity index (χ3n) is 2.79. The molecule has 15 heavy (non-hydrogen) atoms. The molecule has 1 heteroatoms. The number of rotatable bonds is 0. The van der Waals surface area contributed by atoms with E-state index in [1.165, 1.54) is 22.6 Å². The predicted octanol–water partition coefficient (Wildman–Crippen LogP) is 3.17. The summed E-state index contributed by atoms with van der Waals surface area (Å²) < 4.78 is 1.48. The van der Waals surface area contributed by atoms with Crippen LogP contribution < -0.4 is 1.08 Å². The van der Waals surface area contributed by atoms with Gasteiger partial charge in [-0.2, -0.15) is 0 Å². The van der Waals surface area contributed by atoms with Crippen LogP contribution >= 0.6 is 0 Å². The molecule has 3 aromatic carbocycles. The Morgan fingerprint density at radius 3 is 2.33 bits per heavy atom. The van der Waals surface area contributed by atoms with E-state index in [1.54, 1.807) is 0 Å². The Labute approximate surface area is 116 Å². The Bertz CT molecular complexity index is 641. The average molecular weight is 317 g/mol. The van der Waals surface area contributed by atoms with Gasteiger partial charge in [0.1, 0.15) is 0 Å². The van der Waals surface area contributed by atoms with Crippen LogP contribution in [0.1, 0.15) is 0 Å². The maximum absolute atomic E-state index is 2.25. The minimum atomic E-state index is 1.11. The van der Waals surface area contributed by atoms with E-state index in [0.29, 0.717) is 0 Å². The molecule has 0 saturated carbocycles. The number of hydrogen-bond donors (Lipinski definition) is 0. The summed E-state index contributed by atoms with van der Waals surface area (Å²) in [4.78, 5) is 0. The Morgan fingerprint density at radius 1 is 0.600 bits per heavy atom. The first-order chi connectivity index (χ1) is 7.36. The summed E-state index contributed by atoms with van der Waals surface area (Å²) in [6, 6.07) is 19.7. The zero-order chi connectivity index (χ0) is 10.3. The van der Waals surface area contributed by atoms with E-state index >= 15 is 0 Å². The van der Waals surface area contributed by atoms with E-state index in [0.717, 1.165) is 39.6 Å². The first kappa shape index (κ1) is 9.76. The molecule has 0 heterocycles. The molecule has 0 atom stereocenters. The molecule has 0 aliphatic heterocycles. The van der Waals surface area contributed by atoms with Crippen LogP contribution in [0.3, 0.4) is 0 Å². The molecule has 69 valence electrons. The number of benzene rings is 3. The zero-order valence-electron chi connectivity index (χ0n) is 8.20. The molecule has 0 amide bonds. The zero-order valence-corrected chi connectivity index (χ0v) is 11.3. The van der Waals surface area contributed by atoms with Crippen molar-refractivity contribution in [1.29, 1.82) is 0 Å². The van der Waals surface area contributed by atoms with Gasteiger partial charge in [0.05, 0.1) is 0 Å². The Balaban J connectivity index is 2.60. The molecule has 0 fully saturated rings. The van der Waals surface area contributed by atoms with Crippen molar-refractivity contribution in [3.63, 3.8) is 0 Å². The van der Waals surface area contributed by atoms with Gasteiger partial charge in [-0.05, 0) is 0 Å². The van der Waals surface area contributed by atoms with Crippen molar-refractivity contribution in [3.05, 3.63) is 54.6 Å². The summed E-state index contributed by atoms with van der Waals surface area (Å²) in [7, 11) is 0. The molecular formula is C14H9Ce. The molecule has 0 aromatic heterocycles. The summed E-state index contributed by atoms with van der Waals surface area (Å²) in [5.74, 6) is 0. The molecule has 0 unspecified atom stereocenters. The number of fused-ring (bicyclic) bond motifs is 3. The third kappa shape index (κ3) is 1.61. The molecule has 0 aliphatic rings. The van der Waals surface area contributed by atoms with Crippen LogP contribution in [-0.2, 0) is 0 Å². The van der Waals surface area contributed by atoms with Crippen molar-refractivity contribution in [1.82, 2.24) is 0 Å². The average Bonchev–Trinajstić information content (AvgIpc) is 2.29. The fraction of sp³-hybridized carbons (Fsp3) is 0. The summed E-state index contributed by atoms with van der Waals surface area (Å²) in [5.41, 5.74) is 0. The van der Waals surface area contributed by atoms with Crippen LogP contribution in [-0.4, -0.2) is 0 Å². The first-order valence-electron chi connectivity index (χ1n) is 4.98. The first-order valence-corrected chi connectivity index (χ1v) is 6.55. The van der Waals surface area contributed by atoms with Gasteiger partial charge in [-0.25, -0.2) is 0 Å². The fourth-order valence-electron chi connectivity index (χ4n) is 2.04. The van der Waals surface area contributed by atoms with Gasteiger partial charge in [0.15, 0.2) is 0 Å². The van der Waals surface area contributed by atoms with Crippen molar-refractivity contribution in [2.24, 2.45) is 0 Å². The summed E-state index contributed by atoms with van der Waals surface area (Å²) in [6.07, 6.45) is 0. The van der Waals surface area contributed by atoms with Crippen LogP contribution in [0.5, 0.6) is 0 Å². The monoisotopic (exact) mass is 317 g/mol. The predicted molar refractivity (Wildman–Crippen MR) is 61.1 cm³/mol. The van der Waals surface area contributed by atoms with Crippen molar-refractivity contribution < 1.29 is 39.6 Å². The second-order valence-electron chi connectivity index (χ2n) is 3.69. The van der Waals surface area contributed by atoms with Gasteiger partial charge in [0.25, 0.3) is 0 Å². The van der Waals surface area contributed by atoms with E-state index in [9.17, 15) is 0 Å². The van der Waals surface area contributed by atoms with E-state index < -0.39 is 0 Å². The van der Waals surface area contributed by atoms with Gasteiger partial charge in [-0.3, -0.25) is 0 Å². The van der Waals surface area contributed by atoms with E-state index in [4.69, 9.17) is 0 Å². The Morgan fingerprint density at radius 2 is 1.40 bits per heavy atom. The Hall–Kier alpha value is -0.443. The van der Waals surface area contributed by atoms with E-state index in [-0.39, 0.29) is 0 Å². The minimum absolute atomic E-state index is 1.11. The summed E-state index contributed by atoms with van der Waals surface area (Å²) in [5, 5.41) is 5.51. The van der Waals surface area contributed by atoms with Gasteiger partial charge < -0.3 is 0 Å². The van der Waals surface area contributed by atoms with Gasteiger partial charge >= 0.3 is 117 Å². The van der Waals surface area contributed by atoms with Gasteiger partial charge in [0, 0.05) is 0 Å². The van der Waals surface area contributed by atoms with Gasteiger partial charge in [0.2, 0.25) is 0 Å². The van der Waals surface area contributed by atoms with Crippen molar-refractivity contribution in [2.45, 2.75) is 0 Å². The molecule has 0 spiro atoms. The second kappa shape index (κ2) is 3.85. The van der Waals surface area contributed by atoms with Crippen LogP contribution in [0.25, 0.3) is 21.5 Å². The second-order valence-corrected chi connectivity index (χ2v) is 5.38. The topological polar surface area (TPSA) is 0 Å². The molecular weight excluding hydrogens is 308 g/mol. The van der Waals surface area contributed by atoms with Crippen LogP contribution in [0.2, 0.25) is 0 Å². The summed E-state index contributed by atoms with van der Waals surface area (Å²) >= 11 is 1.11. The fourth-order valence-corrected chi connectivity index (χ4v) is 3.03. The molecule has 0 bridgehead atoms. The van der Waals surface area contributed by atoms with Crippen molar-refractivity contribution >= 4 is 22.6 Å². The Kier molecular flexibility index (Phi) is 2.51. The van der Waals surface area contributed by atoms with Crippen LogP contribution in [0.4, 0.5) is 0 Å². The number of hydrogen-bond acceptors (Lipinski definition) is 0. The van der Waals surface area contributed by atoms with E-state index in [2.05, 4.69) is 54.6 Å². The van der Waals surface area contributed by atoms with Crippen molar-refractivity contribution in [3.8, 4) is 0 Å². The van der Waals surface area contributed by atoms with Crippen molar-refractivity contribution in [2.75, 3.05) is 0 Å². The molecule has 3 rings (SSSR count). The normalized spacial score (nSPS) is 10.9. The molecule has 0 saturated heterocycles. The van der Waals surface area contributed by atoms with E-state index in [1.807, 2.05) is 0 Å². The molecule has 0 N–H and O–H groups in total. The standard InChI is InChI=1S/C14H9.Ce/c1-3-7-13-11(5-1)9-10-12-6-2-4-8-14(12)13;/h1-5,7-10H;. The quantitative estimate of drug-likeness (QED) is 0.559. The molecule has 0 radical (unpaired) electrons. The summed E-state index contributed by atoms with van der Waals surface area (Å²) in [6.45, 7) is 0. The SMILES string of the molecule is [Ce][c]1cccc2c1ccc1ccccc12. The van der Waals surface area contributed by atoms with Gasteiger partial charge in [-0.1, -0.05) is 0 Å². The molecule has 0 nitrogen and oxygen atoms in total. The maximum atomic E-state index is 2.25. The molecule has 3 aromatic rings. The van der Waals surface area contributed by atoms with Crippen LogP contribution in [0, 0.1) is 39.6 Å². The molecule has 0 aliphatic carbocycles. The van der Waals surface area contributed by atoms with Gasteiger partial charge in [-0.15, -0.1) is 0 Å². The third-order valence-corrected chi connectivity index (χ3v) is 4.16. The van der Waals surface area contributed by atoms with Crippen LogP contribution in [0.15, 0.2) is 54.6 Å².